The smallest absolute Gasteiger partial charge is 0.350 e. The lowest BCUT2D eigenvalue weighted by atomic mass is 10.2. The molecular formula is C17H17ClN6O4. The molecule has 0 fully saturated rings. The number of carbonyl (C=O) groups is 1. The van der Waals surface area contributed by atoms with Crippen molar-refractivity contribution in [3.8, 4) is 5.88 Å². The second-order valence-electron chi connectivity index (χ2n) is 5.98. The summed E-state index contributed by atoms with van der Waals surface area (Å²) in [5.41, 5.74) is 1.15. The lowest BCUT2D eigenvalue weighted by molar-refractivity contribution is -0.385. The molecule has 1 amide bonds. The number of halogens is 1. The fourth-order valence-electron chi connectivity index (χ4n) is 2.54. The first kappa shape index (κ1) is 19.4. The number of rotatable bonds is 7. The first-order valence-electron chi connectivity index (χ1n) is 8.22. The first-order valence-corrected chi connectivity index (χ1v) is 8.60. The summed E-state index contributed by atoms with van der Waals surface area (Å²) in [6.45, 7) is 2.07. The molecule has 1 aromatic carbocycles. The summed E-state index contributed by atoms with van der Waals surface area (Å²) in [5, 5.41) is 22.5. The zero-order valence-corrected chi connectivity index (χ0v) is 15.8. The molecule has 28 heavy (non-hydrogen) atoms. The molecule has 2 aromatic heterocycles. The minimum absolute atomic E-state index is 0.154. The third-order valence-corrected chi connectivity index (χ3v) is 4.22. The van der Waals surface area contributed by atoms with Crippen LogP contribution in [-0.2, 0) is 11.3 Å². The van der Waals surface area contributed by atoms with Crippen LogP contribution in [0.25, 0.3) is 0 Å². The third kappa shape index (κ3) is 4.29. The number of methoxy groups -OCH3 is 1. The SMILES string of the molecule is COc1nn(C(C)C(=O)Nc2cnn(Cc3cccc(Cl)c3)c2)cc1[N+](=O)[O-]. The summed E-state index contributed by atoms with van der Waals surface area (Å²) in [6.07, 6.45) is 4.35. The Morgan fingerprint density at radius 2 is 2.21 bits per heavy atom. The van der Waals surface area contributed by atoms with Crippen molar-refractivity contribution in [2.75, 3.05) is 12.4 Å². The van der Waals surface area contributed by atoms with Gasteiger partial charge in [-0.2, -0.15) is 5.10 Å². The number of anilines is 1. The van der Waals surface area contributed by atoms with Crippen molar-refractivity contribution in [1.82, 2.24) is 19.6 Å². The van der Waals surface area contributed by atoms with Crippen LogP contribution in [0.5, 0.6) is 5.88 Å². The second kappa shape index (κ2) is 8.09. The van der Waals surface area contributed by atoms with Crippen molar-refractivity contribution < 1.29 is 14.5 Å². The van der Waals surface area contributed by atoms with Crippen LogP contribution in [0.2, 0.25) is 5.02 Å². The molecule has 0 saturated heterocycles. The summed E-state index contributed by atoms with van der Waals surface area (Å²) in [4.78, 5) is 22.9. The van der Waals surface area contributed by atoms with E-state index in [1.54, 1.807) is 23.9 Å². The van der Waals surface area contributed by atoms with E-state index in [-0.39, 0.29) is 11.6 Å². The zero-order chi connectivity index (χ0) is 20.3. The molecule has 3 aromatic rings. The van der Waals surface area contributed by atoms with Gasteiger partial charge in [0.1, 0.15) is 12.2 Å². The van der Waals surface area contributed by atoms with E-state index in [0.29, 0.717) is 17.3 Å². The number of amides is 1. The Labute approximate surface area is 164 Å². The molecule has 146 valence electrons. The number of benzene rings is 1. The Morgan fingerprint density at radius 1 is 1.43 bits per heavy atom. The maximum Gasteiger partial charge on any atom is 0.350 e. The van der Waals surface area contributed by atoms with Crippen LogP contribution < -0.4 is 10.1 Å². The number of carbonyl (C=O) groups excluding carboxylic acids is 1. The number of hydrogen-bond acceptors (Lipinski definition) is 6. The van der Waals surface area contributed by atoms with E-state index in [0.717, 1.165) is 11.8 Å². The standard InChI is InChI=1S/C17H17ClN6O4/c1-11(23-10-15(24(26)27)17(21-23)28-2)16(25)20-14-7-19-22(9-14)8-12-4-3-5-13(18)6-12/h3-7,9-11H,8H2,1-2H3,(H,20,25). The molecular weight excluding hydrogens is 388 g/mol. The van der Waals surface area contributed by atoms with Gasteiger partial charge in [-0.05, 0) is 24.6 Å². The highest BCUT2D eigenvalue weighted by Gasteiger charge is 2.25. The summed E-state index contributed by atoms with van der Waals surface area (Å²) in [5.74, 6) is -0.554. The van der Waals surface area contributed by atoms with Crippen LogP contribution in [0, 0.1) is 10.1 Å². The number of hydrogen-bond donors (Lipinski definition) is 1. The fraction of sp³-hybridized carbons (Fsp3) is 0.235. The molecule has 0 radical (unpaired) electrons. The van der Waals surface area contributed by atoms with E-state index in [4.69, 9.17) is 16.3 Å². The average Bonchev–Trinajstić information content (AvgIpc) is 3.28. The molecule has 0 spiro atoms. The van der Waals surface area contributed by atoms with Crippen molar-refractivity contribution in [3.63, 3.8) is 0 Å². The number of ether oxygens (including phenoxy) is 1. The molecule has 3 rings (SSSR count). The predicted molar refractivity (Wildman–Crippen MR) is 102 cm³/mol. The number of aromatic nitrogens is 4. The van der Waals surface area contributed by atoms with Crippen LogP contribution in [0.3, 0.4) is 0 Å². The van der Waals surface area contributed by atoms with Crippen LogP contribution >= 0.6 is 11.6 Å². The van der Waals surface area contributed by atoms with Crippen molar-refractivity contribution in [2.24, 2.45) is 0 Å². The van der Waals surface area contributed by atoms with Crippen molar-refractivity contribution in [3.05, 3.63) is 63.6 Å². The summed E-state index contributed by atoms with van der Waals surface area (Å²) in [6, 6.07) is 6.60. The second-order valence-corrected chi connectivity index (χ2v) is 6.42. The maximum atomic E-state index is 12.5. The van der Waals surface area contributed by atoms with Gasteiger partial charge >= 0.3 is 11.6 Å². The van der Waals surface area contributed by atoms with Gasteiger partial charge in [-0.1, -0.05) is 23.7 Å². The summed E-state index contributed by atoms with van der Waals surface area (Å²) >= 11 is 5.98. The van der Waals surface area contributed by atoms with Crippen molar-refractivity contribution in [2.45, 2.75) is 19.5 Å². The van der Waals surface area contributed by atoms with E-state index >= 15 is 0 Å². The van der Waals surface area contributed by atoms with Crippen molar-refractivity contribution >= 4 is 28.9 Å². The lowest BCUT2D eigenvalue weighted by Crippen LogP contribution is -2.23. The van der Waals surface area contributed by atoms with E-state index < -0.39 is 16.9 Å². The normalized spacial score (nSPS) is 11.8. The highest BCUT2D eigenvalue weighted by Crippen LogP contribution is 2.26. The zero-order valence-electron chi connectivity index (χ0n) is 15.1. The Kier molecular flexibility index (Phi) is 5.59. The molecule has 1 N–H and O–H groups in total. The topological polar surface area (TPSA) is 117 Å². The molecule has 1 atom stereocenters. The predicted octanol–water partition coefficient (Wildman–Crippen LogP) is 2.90. The van der Waals surface area contributed by atoms with Gasteiger partial charge in [0.05, 0.1) is 30.5 Å². The molecule has 0 bridgehead atoms. The molecule has 0 saturated carbocycles. The minimum Gasteiger partial charge on any atom is -0.475 e. The van der Waals surface area contributed by atoms with E-state index in [9.17, 15) is 14.9 Å². The molecule has 11 heteroatoms. The van der Waals surface area contributed by atoms with Crippen molar-refractivity contribution in [1.29, 1.82) is 0 Å². The van der Waals surface area contributed by atoms with E-state index in [1.165, 1.54) is 18.0 Å². The molecule has 0 aliphatic heterocycles. The molecule has 0 aliphatic rings. The molecule has 1 unspecified atom stereocenters. The quantitative estimate of drug-likeness (QED) is 0.478. The van der Waals surface area contributed by atoms with Gasteiger partial charge < -0.3 is 10.1 Å². The Hall–Kier alpha value is -3.40. The highest BCUT2D eigenvalue weighted by atomic mass is 35.5. The van der Waals surface area contributed by atoms with Gasteiger partial charge in [-0.25, -0.2) is 4.68 Å². The van der Waals surface area contributed by atoms with Gasteiger partial charge in [0.2, 0.25) is 5.91 Å². The van der Waals surface area contributed by atoms with Crippen LogP contribution in [0.1, 0.15) is 18.5 Å². The lowest BCUT2D eigenvalue weighted by Gasteiger charge is -2.10. The minimum atomic E-state index is -0.793. The Morgan fingerprint density at radius 3 is 2.86 bits per heavy atom. The van der Waals surface area contributed by atoms with Crippen LogP contribution in [0.4, 0.5) is 11.4 Å². The molecule has 10 nitrogen and oxygen atoms in total. The summed E-state index contributed by atoms with van der Waals surface area (Å²) < 4.78 is 7.72. The number of nitrogens with zero attached hydrogens (tertiary/aromatic N) is 5. The average molecular weight is 405 g/mol. The summed E-state index contributed by atoms with van der Waals surface area (Å²) in [7, 11) is 1.28. The first-order chi connectivity index (χ1) is 13.4. The van der Waals surface area contributed by atoms with Gasteiger partial charge in [0.15, 0.2) is 0 Å². The largest absolute Gasteiger partial charge is 0.475 e. The number of nitro groups is 1. The fourth-order valence-corrected chi connectivity index (χ4v) is 2.75. The van der Waals surface area contributed by atoms with Gasteiger partial charge in [-0.3, -0.25) is 19.6 Å². The number of nitrogens with one attached hydrogen (secondary N) is 1. The Balaban J connectivity index is 1.68. The maximum absolute atomic E-state index is 12.5. The highest BCUT2D eigenvalue weighted by molar-refractivity contribution is 6.30. The van der Waals surface area contributed by atoms with Gasteiger partial charge in [0, 0.05) is 11.2 Å². The Bertz CT molecular complexity index is 1010. The third-order valence-electron chi connectivity index (χ3n) is 3.98. The van der Waals surface area contributed by atoms with Gasteiger partial charge in [-0.15, -0.1) is 5.10 Å². The van der Waals surface area contributed by atoms with Gasteiger partial charge in [0.25, 0.3) is 0 Å². The molecule has 2 heterocycles. The van der Waals surface area contributed by atoms with E-state index in [1.807, 2.05) is 18.2 Å². The van der Waals surface area contributed by atoms with E-state index in [2.05, 4.69) is 15.5 Å². The molecule has 0 aliphatic carbocycles. The monoisotopic (exact) mass is 404 g/mol. The van der Waals surface area contributed by atoms with Crippen LogP contribution in [0.15, 0.2) is 42.9 Å². The van der Waals surface area contributed by atoms with Crippen LogP contribution in [-0.4, -0.2) is 37.5 Å².